The molecule has 0 aromatic carbocycles. The van der Waals surface area contributed by atoms with Crippen molar-refractivity contribution in [3.63, 3.8) is 0 Å². The summed E-state index contributed by atoms with van der Waals surface area (Å²) in [5.74, 6) is 0.280. The third kappa shape index (κ3) is 3.45. The molecule has 5 rings (SSSR count). The third-order valence-electron chi connectivity index (χ3n) is 4.41. The van der Waals surface area contributed by atoms with Gasteiger partial charge in [-0.05, 0) is 25.0 Å². The van der Waals surface area contributed by atoms with Crippen LogP contribution in [0.25, 0.3) is 11.7 Å². The third-order valence-corrected chi connectivity index (χ3v) is 4.71. The molecule has 4 heterocycles. The highest BCUT2D eigenvalue weighted by Gasteiger charge is 2.20. The van der Waals surface area contributed by atoms with Crippen LogP contribution in [0.2, 0.25) is 5.02 Å². The van der Waals surface area contributed by atoms with E-state index in [-0.39, 0.29) is 17.6 Å². The molecule has 1 aliphatic carbocycles. The van der Waals surface area contributed by atoms with Crippen LogP contribution in [0.3, 0.4) is 0 Å². The van der Waals surface area contributed by atoms with Gasteiger partial charge in [0.1, 0.15) is 11.5 Å². The predicted molar refractivity (Wildman–Crippen MR) is 106 cm³/mol. The van der Waals surface area contributed by atoms with Crippen LogP contribution in [0.5, 0.6) is 5.88 Å². The van der Waals surface area contributed by atoms with Crippen LogP contribution in [0.15, 0.2) is 40.5 Å². The molecule has 0 atom stereocenters. The van der Waals surface area contributed by atoms with E-state index in [9.17, 15) is 9.90 Å². The van der Waals surface area contributed by atoms with E-state index in [1.54, 1.807) is 41.3 Å². The molecule has 11 heteroatoms. The van der Waals surface area contributed by atoms with Crippen LogP contribution in [0.4, 0.5) is 11.5 Å². The fourth-order valence-electron chi connectivity index (χ4n) is 2.87. The highest BCUT2D eigenvalue weighted by molar-refractivity contribution is 6.33. The number of aromatic amines is 2. The van der Waals surface area contributed by atoms with Crippen molar-refractivity contribution in [3.8, 4) is 5.88 Å². The second-order valence-electron chi connectivity index (χ2n) is 6.66. The second kappa shape index (κ2) is 6.74. The van der Waals surface area contributed by atoms with Crippen LogP contribution in [0.1, 0.15) is 18.5 Å². The standard InChI is InChI=1S/C18H15ClN8O2/c19-11-8-20-4-3-12(11)23-14-6-15(22-10-1-2-10)27-16(25-14)9(7-21-27)5-13-17(28)26-18(29)24-13/h3-8,10,28H,1-2H2,(H,20,23)(H2,24,26,29). The largest absolute Gasteiger partial charge is 0.493 e. The molecule has 4 aromatic heterocycles. The summed E-state index contributed by atoms with van der Waals surface area (Å²) in [6.07, 6.45) is 8.45. The first-order valence-corrected chi connectivity index (χ1v) is 9.27. The number of aromatic hydroxyl groups is 1. The summed E-state index contributed by atoms with van der Waals surface area (Å²) in [6, 6.07) is 3.83. The van der Waals surface area contributed by atoms with Crippen molar-refractivity contribution in [2.45, 2.75) is 18.9 Å². The van der Waals surface area contributed by atoms with E-state index in [1.807, 2.05) is 0 Å². The molecular weight excluding hydrogens is 396 g/mol. The summed E-state index contributed by atoms with van der Waals surface area (Å²) in [7, 11) is 0. The first kappa shape index (κ1) is 17.4. The lowest BCUT2D eigenvalue weighted by Gasteiger charge is -2.07. The first-order valence-electron chi connectivity index (χ1n) is 8.89. The van der Waals surface area contributed by atoms with E-state index >= 15 is 0 Å². The van der Waals surface area contributed by atoms with E-state index in [1.165, 1.54) is 0 Å². The van der Waals surface area contributed by atoms with Crippen LogP contribution in [0, 0.1) is 0 Å². The Morgan fingerprint density at radius 1 is 1.34 bits per heavy atom. The number of nitrogens with zero attached hydrogens (tertiary/aromatic N) is 5. The van der Waals surface area contributed by atoms with Gasteiger partial charge >= 0.3 is 5.69 Å². The van der Waals surface area contributed by atoms with Gasteiger partial charge in [0.15, 0.2) is 11.1 Å². The van der Waals surface area contributed by atoms with Gasteiger partial charge in [-0.15, -0.1) is 0 Å². The Morgan fingerprint density at radius 3 is 2.93 bits per heavy atom. The molecule has 1 fully saturated rings. The van der Waals surface area contributed by atoms with Gasteiger partial charge in [-0.2, -0.15) is 9.61 Å². The lowest BCUT2D eigenvalue weighted by atomic mass is 10.3. The maximum Gasteiger partial charge on any atom is 0.326 e. The Morgan fingerprint density at radius 2 is 2.21 bits per heavy atom. The van der Waals surface area contributed by atoms with E-state index in [0.29, 0.717) is 32.9 Å². The molecule has 0 bridgehead atoms. The van der Waals surface area contributed by atoms with Gasteiger partial charge in [-0.25, -0.2) is 9.78 Å². The van der Waals surface area contributed by atoms with Crippen molar-refractivity contribution in [1.29, 1.82) is 0 Å². The minimum Gasteiger partial charge on any atom is -0.493 e. The quantitative estimate of drug-likeness (QED) is 0.394. The summed E-state index contributed by atoms with van der Waals surface area (Å²) in [5, 5.41) is 18.5. The SMILES string of the molecule is O=c1[nH]c(O)c(C=c2cnn3c(=NC4CC4)cc(Nc4ccncc4Cl)nc23)[nH]1. The molecule has 0 spiro atoms. The smallest absolute Gasteiger partial charge is 0.326 e. The number of imidazole rings is 1. The average molecular weight is 411 g/mol. The molecule has 146 valence electrons. The number of anilines is 2. The van der Waals surface area contributed by atoms with Gasteiger partial charge in [0.25, 0.3) is 0 Å². The summed E-state index contributed by atoms with van der Waals surface area (Å²) in [5.41, 5.74) is 1.56. The molecule has 10 nitrogen and oxygen atoms in total. The Kier molecular flexibility index (Phi) is 4.06. The van der Waals surface area contributed by atoms with E-state index in [2.05, 4.69) is 30.4 Å². The minimum absolute atomic E-state index is 0.239. The van der Waals surface area contributed by atoms with Crippen molar-refractivity contribution in [2.75, 3.05) is 5.32 Å². The number of rotatable bonds is 4. The van der Waals surface area contributed by atoms with Gasteiger partial charge < -0.3 is 15.4 Å². The van der Waals surface area contributed by atoms with Crippen molar-refractivity contribution >= 4 is 34.8 Å². The van der Waals surface area contributed by atoms with Gasteiger partial charge in [0.2, 0.25) is 5.88 Å². The van der Waals surface area contributed by atoms with Crippen molar-refractivity contribution in [1.82, 2.24) is 29.5 Å². The molecule has 1 aliphatic rings. The molecule has 4 N–H and O–H groups in total. The number of aromatic nitrogens is 6. The zero-order chi connectivity index (χ0) is 20.0. The molecule has 0 amide bonds. The Labute approximate surface area is 167 Å². The zero-order valence-electron chi connectivity index (χ0n) is 14.9. The van der Waals surface area contributed by atoms with Crippen molar-refractivity contribution < 1.29 is 5.11 Å². The number of hydrogen-bond donors (Lipinski definition) is 4. The van der Waals surface area contributed by atoms with E-state index in [4.69, 9.17) is 16.6 Å². The molecule has 1 saturated carbocycles. The average Bonchev–Trinajstić information content (AvgIpc) is 3.33. The predicted octanol–water partition coefficient (Wildman–Crippen LogP) is 0.854. The highest BCUT2D eigenvalue weighted by Crippen LogP contribution is 2.24. The van der Waals surface area contributed by atoms with Crippen molar-refractivity contribution in [2.24, 2.45) is 4.99 Å². The number of nitrogens with one attached hydrogen (secondary N) is 3. The fraction of sp³-hybridized carbons (Fsp3) is 0.167. The van der Waals surface area contributed by atoms with Crippen LogP contribution in [-0.4, -0.2) is 40.7 Å². The molecule has 0 saturated heterocycles. The second-order valence-corrected chi connectivity index (χ2v) is 7.07. The summed E-state index contributed by atoms with van der Waals surface area (Å²) < 4.78 is 1.63. The molecule has 0 radical (unpaired) electrons. The molecule has 0 aliphatic heterocycles. The molecule has 0 unspecified atom stereocenters. The topological polar surface area (TPSA) is 136 Å². The maximum atomic E-state index is 11.4. The van der Waals surface area contributed by atoms with Gasteiger partial charge in [0.05, 0.1) is 22.9 Å². The summed E-state index contributed by atoms with van der Waals surface area (Å²) in [6.45, 7) is 0. The van der Waals surface area contributed by atoms with Crippen molar-refractivity contribution in [3.05, 3.63) is 62.6 Å². The van der Waals surface area contributed by atoms with Crippen LogP contribution >= 0.6 is 11.6 Å². The maximum absolute atomic E-state index is 11.4. The Balaban J connectivity index is 1.70. The normalized spacial score (nSPS) is 15.3. The van der Waals surface area contributed by atoms with E-state index in [0.717, 1.165) is 12.8 Å². The number of H-pyrrole nitrogens is 2. The Bertz CT molecular complexity index is 1400. The number of pyridine rings is 1. The van der Waals surface area contributed by atoms with Crippen LogP contribution in [-0.2, 0) is 0 Å². The minimum atomic E-state index is -0.503. The molecule has 4 aromatic rings. The molecular formula is C18H15ClN8O2. The fourth-order valence-corrected chi connectivity index (χ4v) is 3.04. The lowest BCUT2D eigenvalue weighted by molar-refractivity contribution is 0.454. The van der Waals surface area contributed by atoms with Gasteiger partial charge in [-0.1, -0.05) is 11.6 Å². The number of fused-ring (bicyclic) bond motifs is 1. The summed E-state index contributed by atoms with van der Waals surface area (Å²) >= 11 is 6.20. The van der Waals surface area contributed by atoms with E-state index < -0.39 is 5.69 Å². The summed E-state index contributed by atoms with van der Waals surface area (Å²) in [4.78, 5) is 29.5. The zero-order valence-corrected chi connectivity index (χ0v) is 15.7. The first-order chi connectivity index (χ1) is 14.1. The number of halogens is 1. The van der Waals surface area contributed by atoms with Gasteiger partial charge in [-0.3, -0.25) is 15.0 Å². The Hall–Kier alpha value is -3.66. The monoisotopic (exact) mass is 410 g/mol. The van der Waals surface area contributed by atoms with Gasteiger partial charge in [0, 0.05) is 23.7 Å². The lowest BCUT2D eigenvalue weighted by Crippen LogP contribution is -2.19. The number of hydrogen-bond acceptors (Lipinski definition) is 7. The highest BCUT2D eigenvalue weighted by atomic mass is 35.5. The molecule has 29 heavy (non-hydrogen) atoms. The van der Waals surface area contributed by atoms with Crippen LogP contribution < -0.4 is 21.7 Å².